The Morgan fingerprint density at radius 1 is 0.929 bits per heavy atom. The maximum Gasteiger partial charge on any atom is 0.239 e. The first kappa shape index (κ1) is 16.8. The Morgan fingerprint density at radius 2 is 1.68 bits per heavy atom. The van der Waals surface area contributed by atoms with Crippen molar-refractivity contribution in [2.45, 2.75) is 18.9 Å². The smallest absolute Gasteiger partial charge is 0.239 e. The molecule has 0 fully saturated rings. The Morgan fingerprint density at radius 3 is 2.50 bits per heavy atom. The molecule has 1 aliphatic heterocycles. The van der Waals surface area contributed by atoms with Gasteiger partial charge in [-0.05, 0) is 47.9 Å². The van der Waals surface area contributed by atoms with E-state index in [1.54, 1.807) is 4.90 Å². The summed E-state index contributed by atoms with van der Waals surface area (Å²) in [6.45, 7) is 2.60. The molecule has 1 aliphatic rings. The molecule has 2 heterocycles. The fourth-order valence-electron chi connectivity index (χ4n) is 4.31. The molecule has 5 rings (SSSR count). The average molecular weight is 367 g/mol. The number of carbonyl (C=O) groups excluding carboxylic acids is 1. The van der Waals surface area contributed by atoms with Gasteiger partial charge in [-0.1, -0.05) is 48.5 Å². The van der Waals surface area contributed by atoms with Crippen LogP contribution in [0.2, 0.25) is 0 Å². The minimum absolute atomic E-state index is 0.116. The number of amides is 1. The van der Waals surface area contributed by atoms with Gasteiger partial charge in [0.05, 0.1) is 22.8 Å². The standard InChI is InChI=1S/C24H21N3O/c1-24(15-27-16-25-20-10-6-7-11-22(20)27)19-14-18(17-8-4-3-5-9-17)12-13-21(19)26(2)23(24)28/h3-14,16H,15H2,1-2H3. The molecule has 1 amide bonds. The number of hydrogen-bond acceptors (Lipinski definition) is 2. The Balaban J connectivity index is 1.63. The molecular weight excluding hydrogens is 346 g/mol. The number of anilines is 1. The fraction of sp³-hybridized carbons (Fsp3) is 0.167. The number of aromatic nitrogens is 2. The van der Waals surface area contributed by atoms with Crippen LogP contribution >= 0.6 is 0 Å². The van der Waals surface area contributed by atoms with E-state index in [9.17, 15) is 4.79 Å². The summed E-state index contributed by atoms with van der Waals surface area (Å²) in [4.78, 5) is 19.6. The highest BCUT2D eigenvalue weighted by Crippen LogP contribution is 2.44. The number of para-hydroxylation sites is 2. The Bertz CT molecular complexity index is 1190. The summed E-state index contributed by atoms with van der Waals surface area (Å²) in [5.41, 5.74) is 5.69. The minimum Gasteiger partial charge on any atom is -0.329 e. The predicted molar refractivity (Wildman–Crippen MR) is 112 cm³/mol. The molecule has 0 bridgehead atoms. The van der Waals surface area contributed by atoms with Crippen molar-refractivity contribution in [3.63, 3.8) is 0 Å². The van der Waals surface area contributed by atoms with E-state index in [4.69, 9.17) is 0 Å². The maximum atomic E-state index is 13.3. The molecule has 0 spiro atoms. The van der Waals surface area contributed by atoms with E-state index >= 15 is 0 Å². The van der Waals surface area contributed by atoms with Gasteiger partial charge >= 0.3 is 0 Å². The van der Waals surface area contributed by atoms with Crippen LogP contribution in [0.3, 0.4) is 0 Å². The number of nitrogens with zero attached hydrogens (tertiary/aromatic N) is 3. The van der Waals surface area contributed by atoms with Gasteiger partial charge in [-0.3, -0.25) is 4.79 Å². The molecule has 4 nitrogen and oxygen atoms in total. The van der Waals surface area contributed by atoms with Gasteiger partial charge in [0.1, 0.15) is 0 Å². The number of imidazole rings is 1. The van der Waals surface area contributed by atoms with E-state index in [1.165, 1.54) is 0 Å². The first-order chi connectivity index (χ1) is 13.6. The highest BCUT2D eigenvalue weighted by molar-refractivity contribution is 6.08. The second-order valence-electron chi connectivity index (χ2n) is 7.66. The van der Waals surface area contributed by atoms with E-state index in [2.05, 4.69) is 45.9 Å². The number of hydrogen-bond donors (Lipinski definition) is 0. The topological polar surface area (TPSA) is 38.1 Å². The number of likely N-dealkylation sites (N-methyl/N-ethyl adjacent to an activating group) is 1. The minimum atomic E-state index is -0.641. The van der Waals surface area contributed by atoms with Crippen molar-refractivity contribution in [3.05, 3.63) is 84.7 Å². The summed E-state index contributed by atoms with van der Waals surface area (Å²) in [6.07, 6.45) is 1.84. The molecule has 28 heavy (non-hydrogen) atoms. The molecule has 1 unspecified atom stereocenters. The van der Waals surface area contributed by atoms with Crippen molar-refractivity contribution in [2.75, 3.05) is 11.9 Å². The number of benzene rings is 3. The Labute approximate surface area is 164 Å². The highest BCUT2D eigenvalue weighted by atomic mass is 16.2. The van der Waals surface area contributed by atoms with E-state index < -0.39 is 5.41 Å². The number of rotatable bonds is 3. The first-order valence-corrected chi connectivity index (χ1v) is 9.46. The molecule has 0 saturated heterocycles. The lowest BCUT2D eigenvalue weighted by Crippen LogP contribution is -2.39. The monoisotopic (exact) mass is 367 g/mol. The number of carbonyl (C=O) groups is 1. The third-order valence-electron chi connectivity index (χ3n) is 5.85. The summed E-state index contributed by atoms with van der Waals surface area (Å²) in [5.74, 6) is 0.116. The van der Waals surface area contributed by atoms with Gasteiger partial charge in [0.2, 0.25) is 5.91 Å². The second-order valence-corrected chi connectivity index (χ2v) is 7.66. The van der Waals surface area contributed by atoms with Crippen LogP contribution in [-0.2, 0) is 16.8 Å². The van der Waals surface area contributed by atoms with Gasteiger partial charge in [-0.2, -0.15) is 0 Å². The van der Waals surface area contributed by atoms with E-state index in [0.29, 0.717) is 6.54 Å². The molecule has 138 valence electrons. The van der Waals surface area contributed by atoms with Crippen LogP contribution in [0.25, 0.3) is 22.2 Å². The summed E-state index contributed by atoms with van der Waals surface area (Å²) < 4.78 is 2.09. The maximum absolute atomic E-state index is 13.3. The highest BCUT2D eigenvalue weighted by Gasteiger charge is 2.46. The lowest BCUT2D eigenvalue weighted by atomic mass is 9.82. The molecule has 0 aliphatic carbocycles. The van der Waals surface area contributed by atoms with Crippen molar-refractivity contribution < 1.29 is 4.79 Å². The summed E-state index contributed by atoms with van der Waals surface area (Å²) >= 11 is 0. The van der Waals surface area contributed by atoms with Crippen LogP contribution in [0.5, 0.6) is 0 Å². The SMILES string of the molecule is CN1C(=O)C(C)(Cn2cnc3ccccc32)c2cc(-c3ccccc3)ccc21. The van der Waals surface area contributed by atoms with Crippen LogP contribution in [-0.4, -0.2) is 22.5 Å². The van der Waals surface area contributed by atoms with Crippen molar-refractivity contribution in [1.29, 1.82) is 0 Å². The van der Waals surface area contributed by atoms with Gasteiger partial charge in [-0.25, -0.2) is 4.98 Å². The van der Waals surface area contributed by atoms with Gasteiger partial charge in [0.15, 0.2) is 0 Å². The van der Waals surface area contributed by atoms with Crippen molar-refractivity contribution >= 4 is 22.6 Å². The van der Waals surface area contributed by atoms with E-state index in [0.717, 1.165) is 33.4 Å². The van der Waals surface area contributed by atoms with Gasteiger partial charge < -0.3 is 9.47 Å². The quantitative estimate of drug-likeness (QED) is 0.529. The molecule has 0 radical (unpaired) electrons. The summed E-state index contributed by atoms with van der Waals surface area (Å²) in [6, 6.07) is 24.7. The molecule has 0 N–H and O–H groups in total. The zero-order valence-electron chi connectivity index (χ0n) is 16.0. The van der Waals surface area contributed by atoms with Crippen molar-refractivity contribution in [1.82, 2.24) is 9.55 Å². The zero-order valence-corrected chi connectivity index (χ0v) is 16.0. The lowest BCUT2D eigenvalue weighted by molar-refractivity contribution is -0.122. The largest absolute Gasteiger partial charge is 0.329 e. The van der Waals surface area contributed by atoms with Crippen LogP contribution in [0.15, 0.2) is 79.1 Å². The molecular formula is C24H21N3O. The fourth-order valence-corrected chi connectivity index (χ4v) is 4.31. The number of fused-ring (bicyclic) bond motifs is 2. The molecule has 1 atom stereocenters. The van der Waals surface area contributed by atoms with Gasteiger partial charge in [0.25, 0.3) is 0 Å². The van der Waals surface area contributed by atoms with Crippen molar-refractivity contribution in [3.8, 4) is 11.1 Å². The van der Waals surface area contributed by atoms with Crippen LogP contribution in [0.4, 0.5) is 5.69 Å². The molecule has 4 heteroatoms. The predicted octanol–water partition coefficient (Wildman–Crippen LogP) is 4.64. The Hall–Kier alpha value is -3.40. The first-order valence-electron chi connectivity index (χ1n) is 9.46. The van der Waals surface area contributed by atoms with Crippen LogP contribution < -0.4 is 4.90 Å². The van der Waals surface area contributed by atoms with E-state index in [1.807, 2.05) is 56.7 Å². The normalized spacial score (nSPS) is 18.6. The third kappa shape index (κ3) is 2.38. The lowest BCUT2D eigenvalue weighted by Gasteiger charge is -2.24. The average Bonchev–Trinajstić information content (AvgIpc) is 3.22. The zero-order chi connectivity index (χ0) is 19.3. The molecule has 3 aromatic carbocycles. The molecule has 0 saturated carbocycles. The Kier molecular flexibility index (Phi) is 3.63. The van der Waals surface area contributed by atoms with Gasteiger partial charge in [0, 0.05) is 19.3 Å². The van der Waals surface area contributed by atoms with Gasteiger partial charge in [-0.15, -0.1) is 0 Å². The van der Waals surface area contributed by atoms with Crippen LogP contribution in [0, 0.1) is 0 Å². The summed E-state index contributed by atoms with van der Waals surface area (Å²) in [5, 5.41) is 0. The summed E-state index contributed by atoms with van der Waals surface area (Å²) in [7, 11) is 1.86. The van der Waals surface area contributed by atoms with Crippen molar-refractivity contribution in [2.24, 2.45) is 0 Å². The molecule has 1 aromatic heterocycles. The van der Waals surface area contributed by atoms with E-state index in [-0.39, 0.29) is 5.91 Å². The third-order valence-corrected chi connectivity index (χ3v) is 5.85. The molecule has 4 aromatic rings. The second kappa shape index (κ2) is 6.06. The van der Waals surface area contributed by atoms with Crippen LogP contribution in [0.1, 0.15) is 12.5 Å².